The Labute approximate surface area is 803 Å². The number of rotatable bonds is 48. The number of benzene rings is 8. The summed E-state index contributed by atoms with van der Waals surface area (Å²) in [6.07, 6.45) is 9.86. The van der Waals surface area contributed by atoms with E-state index in [1.807, 2.05) is 27.7 Å². The number of carbonyl (C=O) groups is 4. The maximum Gasteiger partial charge on any atom is 0.257 e. The van der Waals surface area contributed by atoms with Crippen molar-refractivity contribution in [2.24, 2.45) is 35.5 Å². The Kier molecular flexibility index (Phi) is 43.7. The van der Waals surface area contributed by atoms with Crippen molar-refractivity contribution in [3.05, 3.63) is 260 Å². The van der Waals surface area contributed by atoms with Crippen molar-refractivity contribution in [3.8, 4) is 0 Å². The van der Waals surface area contributed by atoms with Crippen molar-refractivity contribution in [1.29, 1.82) is 0 Å². The molecule has 26 heteroatoms. The minimum Gasteiger partial charge on any atom is -0.331 e. The Morgan fingerprint density at radius 2 is 0.566 bits per heavy atom. The molecule has 136 heavy (non-hydrogen) atoms. The van der Waals surface area contributed by atoms with E-state index in [4.69, 9.17) is 19.9 Å². The van der Waals surface area contributed by atoms with Crippen LogP contribution in [0.25, 0.3) is 44.1 Å². The van der Waals surface area contributed by atoms with Crippen molar-refractivity contribution >= 4 is 67.8 Å². The minimum atomic E-state index is -0.721. The van der Waals surface area contributed by atoms with Gasteiger partial charge in [-0.05, 0) is 269 Å². The lowest BCUT2D eigenvalue weighted by molar-refractivity contribution is 0.0706. The molecule has 0 aliphatic carbocycles. The van der Waals surface area contributed by atoms with Gasteiger partial charge in [-0.25, -0.2) is 46.3 Å². The number of amides is 4. The van der Waals surface area contributed by atoms with E-state index in [-0.39, 0.29) is 47.9 Å². The number of fused-ring (bicyclic) bond motifs is 4. The number of aromatic nitrogens is 8. The van der Waals surface area contributed by atoms with Crippen LogP contribution in [0.1, 0.15) is 276 Å². The standard InChI is InChI=1S/C28H38F2N4O.C28H39FN4O.C27H36F2N4O.C27H37FN4O/c1-6-13-34-26-10-7-21(16-31-12-11-19(2)3)14-25(26)32-27(34)18-33(17-20(4)5)28(35)23-15-22(29)8-9-24(23)30;1-6-14-33-26-11-10-22(17-30-13-12-20(2)3)15-25(26)31-27(33)19-32(18-21(4)5)28(34)23-8-7-9-24(29)16-23;1-5-13-32(27(34)22-16-21(28)8-9-23(22)29)18-26-31-24-15-20(17-30-12-11-19(3)4)7-10-25(24)33(26)14-6-2;1-5-14-31(27(33)22-8-7-9-23(28)17-22)19-26-30-24-16-21(18-29-13-12-20(3)4)10-11-25(24)32(26)15-6-2/h7-10,14-15,19-20,31H,6,11-13,16-18H2,1-5H3;7-11,15-16,20-21,30H,6,12-14,17-19H2,1-5H3;7-10,15-16,19,30H,5-6,11-14,17-18H2,1-4H3;7-11,16-17,20,29H,5-6,12-15,18-19H2,1-4H3. The highest BCUT2D eigenvalue weighted by atomic mass is 19.1. The van der Waals surface area contributed by atoms with Crippen LogP contribution in [0, 0.1) is 70.4 Å². The van der Waals surface area contributed by atoms with E-state index < -0.39 is 46.7 Å². The van der Waals surface area contributed by atoms with Gasteiger partial charge in [0.05, 0.1) is 81.4 Å². The predicted octanol–water partition coefficient (Wildman–Crippen LogP) is 23.9. The molecular formula is C110H150F6N16O4. The number of aryl methyl sites for hydroxylation is 4. The van der Waals surface area contributed by atoms with Gasteiger partial charge in [0.25, 0.3) is 23.6 Å². The molecule has 12 aromatic rings. The van der Waals surface area contributed by atoms with Gasteiger partial charge in [-0.1, -0.05) is 161 Å². The minimum absolute atomic E-state index is 0.156. The van der Waals surface area contributed by atoms with E-state index in [1.165, 1.54) is 35.4 Å². The summed E-state index contributed by atoms with van der Waals surface area (Å²) in [6, 6.07) is 43.3. The monoisotopic (exact) mass is 1870 g/mol. The molecule has 0 aliphatic rings. The number of halogens is 6. The third-order valence-corrected chi connectivity index (χ3v) is 23.4. The molecule has 8 aromatic carbocycles. The largest absolute Gasteiger partial charge is 0.331 e. The molecule has 0 fully saturated rings. The number of hydrogen-bond acceptors (Lipinski definition) is 12. The van der Waals surface area contributed by atoms with Crippen LogP contribution in [0.3, 0.4) is 0 Å². The highest BCUT2D eigenvalue weighted by Gasteiger charge is 2.29. The molecule has 20 nitrogen and oxygen atoms in total. The molecule has 0 spiro atoms. The molecule has 0 saturated heterocycles. The first kappa shape index (κ1) is 109. The zero-order valence-electron chi connectivity index (χ0n) is 84.0. The average molecular weight is 1870 g/mol. The maximum atomic E-state index is 14.4. The fourth-order valence-corrected chi connectivity index (χ4v) is 16.5. The molecule has 736 valence electrons. The van der Waals surface area contributed by atoms with Gasteiger partial charge in [0, 0.05) is 89.7 Å². The Hall–Kier alpha value is -11.1. The summed E-state index contributed by atoms with van der Waals surface area (Å²) in [7, 11) is 0. The van der Waals surface area contributed by atoms with E-state index in [2.05, 4.69) is 209 Å². The molecule has 0 radical (unpaired) electrons. The summed E-state index contributed by atoms with van der Waals surface area (Å²) in [5, 5.41) is 14.0. The summed E-state index contributed by atoms with van der Waals surface area (Å²) < 4.78 is 92.4. The summed E-state index contributed by atoms with van der Waals surface area (Å²) >= 11 is 0. The van der Waals surface area contributed by atoms with Crippen LogP contribution in [-0.2, 0) is 78.5 Å². The van der Waals surface area contributed by atoms with Crippen molar-refractivity contribution in [1.82, 2.24) is 79.1 Å². The van der Waals surface area contributed by atoms with E-state index in [0.29, 0.717) is 80.5 Å². The van der Waals surface area contributed by atoms with E-state index in [1.54, 1.807) is 43.9 Å². The van der Waals surface area contributed by atoms with Crippen molar-refractivity contribution < 1.29 is 45.5 Å². The number of imidazole rings is 4. The van der Waals surface area contributed by atoms with Gasteiger partial charge in [-0.3, -0.25) is 19.2 Å². The van der Waals surface area contributed by atoms with Crippen LogP contribution in [-0.4, -0.2) is 134 Å². The van der Waals surface area contributed by atoms with Gasteiger partial charge in [0.15, 0.2) is 0 Å². The topological polar surface area (TPSA) is 201 Å². The first-order valence-corrected chi connectivity index (χ1v) is 49.6. The molecule has 0 atom stereocenters. The summed E-state index contributed by atoms with van der Waals surface area (Å²) in [4.78, 5) is 79.1. The molecular weight excluding hydrogens is 1720 g/mol. The molecule has 4 aromatic heterocycles. The van der Waals surface area contributed by atoms with Crippen LogP contribution in [0.2, 0.25) is 0 Å². The zero-order valence-corrected chi connectivity index (χ0v) is 84.0. The second-order valence-corrected chi connectivity index (χ2v) is 38.3. The first-order chi connectivity index (χ1) is 65.2. The molecule has 4 heterocycles. The zero-order chi connectivity index (χ0) is 98.7. The summed E-state index contributed by atoms with van der Waals surface area (Å²) in [5.41, 5.74) is 12.9. The average Bonchev–Trinajstić information content (AvgIpc) is 1.65. The molecule has 0 bridgehead atoms. The van der Waals surface area contributed by atoms with Crippen molar-refractivity contribution in [3.63, 3.8) is 0 Å². The number of nitrogens with one attached hydrogen (secondary N) is 4. The highest BCUT2D eigenvalue weighted by molar-refractivity contribution is 5.96. The van der Waals surface area contributed by atoms with E-state index >= 15 is 0 Å². The molecule has 0 unspecified atom stereocenters. The molecule has 0 aliphatic heterocycles. The van der Waals surface area contributed by atoms with Crippen LogP contribution in [0.4, 0.5) is 26.3 Å². The van der Waals surface area contributed by atoms with Gasteiger partial charge in [0.1, 0.15) is 58.2 Å². The van der Waals surface area contributed by atoms with Crippen LogP contribution in [0.5, 0.6) is 0 Å². The lowest BCUT2D eigenvalue weighted by atomic mass is 10.1. The quantitative estimate of drug-likeness (QED) is 0.0208. The first-order valence-electron chi connectivity index (χ1n) is 49.6. The van der Waals surface area contributed by atoms with Gasteiger partial charge >= 0.3 is 0 Å². The van der Waals surface area contributed by atoms with Crippen LogP contribution >= 0.6 is 0 Å². The lowest BCUT2D eigenvalue weighted by Crippen LogP contribution is -2.35. The van der Waals surface area contributed by atoms with Gasteiger partial charge in [0.2, 0.25) is 0 Å². The van der Waals surface area contributed by atoms with Gasteiger partial charge in [-0.15, -0.1) is 0 Å². The Bertz CT molecular complexity index is 5790. The number of carbonyl (C=O) groups excluding carboxylic acids is 4. The normalized spacial score (nSPS) is 11.6. The van der Waals surface area contributed by atoms with Crippen molar-refractivity contribution in [2.45, 2.75) is 267 Å². The van der Waals surface area contributed by atoms with Gasteiger partial charge < -0.3 is 59.1 Å². The van der Waals surface area contributed by atoms with E-state index in [0.717, 1.165) is 251 Å². The Balaban J connectivity index is 0.000000203. The Morgan fingerprint density at radius 3 is 0.838 bits per heavy atom. The number of nitrogens with zero attached hydrogens (tertiary/aromatic N) is 12. The molecule has 4 amide bonds. The third-order valence-electron chi connectivity index (χ3n) is 23.4. The fraction of sp³-hybridized carbons (Fsp3) is 0.491. The van der Waals surface area contributed by atoms with E-state index in [9.17, 15) is 45.5 Å². The second-order valence-electron chi connectivity index (χ2n) is 38.3. The van der Waals surface area contributed by atoms with Crippen LogP contribution in [0.15, 0.2) is 158 Å². The smallest absolute Gasteiger partial charge is 0.257 e. The fourth-order valence-electron chi connectivity index (χ4n) is 16.5. The molecule has 0 saturated carbocycles. The van der Waals surface area contributed by atoms with Crippen LogP contribution < -0.4 is 21.3 Å². The Morgan fingerprint density at radius 1 is 0.301 bits per heavy atom. The lowest BCUT2D eigenvalue weighted by Gasteiger charge is -2.25. The number of hydrogen-bond donors (Lipinski definition) is 4. The summed E-state index contributed by atoms with van der Waals surface area (Å²) in [6.45, 7) is 52.0. The second kappa shape index (κ2) is 54.8. The summed E-state index contributed by atoms with van der Waals surface area (Å²) in [5.74, 6) is 1.49. The third kappa shape index (κ3) is 32.6. The SMILES string of the molecule is CCCN(Cc1nc2cc(CNCCC(C)C)ccc2n1CCC)C(=O)c1cc(F)ccc1F.CCCN(Cc1nc2cc(CNCCC(C)C)ccc2n1CCC)C(=O)c1cccc(F)c1.CCCn1c(CN(CC(C)C)C(=O)c2cc(F)ccc2F)nc2cc(CNCCC(C)C)ccc21.CCCn1c(CN(CC(C)C)C(=O)c2cccc(F)c2)nc2cc(CNCCC(C)C)ccc21. The van der Waals surface area contributed by atoms with Gasteiger partial charge in [-0.2, -0.15) is 0 Å². The molecule has 4 N–H and O–H groups in total. The molecule has 12 rings (SSSR count). The maximum absolute atomic E-state index is 14.4. The van der Waals surface area contributed by atoms with Crippen molar-refractivity contribution in [2.75, 3.05) is 52.4 Å². The predicted molar refractivity (Wildman–Crippen MR) is 539 cm³/mol. The highest BCUT2D eigenvalue weighted by Crippen LogP contribution is 2.29.